The normalized spacial score (nSPS) is 14.2. The van der Waals surface area contributed by atoms with Gasteiger partial charge in [0.15, 0.2) is 0 Å². The second kappa shape index (κ2) is 6.45. The van der Waals surface area contributed by atoms with Crippen LogP contribution < -0.4 is 9.62 Å². The van der Waals surface area contributed by atoms with Gasteiger partial charge in [-0.2, -0.15) is 0 Å². The maximum absolute atomic E-state index is 12.5. The van der Waals surface area contributed by atoms with Crippen molar-refractivity contribution in [1.82, 2.24) is 0 Å². The van der Waals surface area contributed by atoms with E-state index in [-0.39, 0.29) is 10.8 Å². The summed E-state index contributed by atoms with van der Waals surface area (Å²) in [7, 11) is -3.71. The molecule has 1 amide bonds. The number of carbonyl (C=O) groups excluding carboxylic acids is 1. The van der Waals surface area contributed by atoms with Gasteiger partial charge in [0, 0.05) is 24.2 Å². The molecule has 0 saturated carbocycles. The molecular formula is C17H17ClN2O3S. The molecule has 0 saturated heterocycles. The lowest BCUT2D eigenvalue weighted by molar-refractivity contribution is -0.116. The third kappa shape index (κ3) is 3.39. The number of halogens is 1. The minimum absolute atomic E-state index is 0.0475. The van der Waals surface area contributed by atoms with Gasteiger partial charge < -0.3 is 4.90 Å². The molecule has 0 radical (unpaired) electrons. The van der Waals surface area contributed by atoms with E-state index in [2.05, 4.69) is 4.72 Å². The molecule has 3 rings (SSSR count). The molecule has 1 heterocycles. The van der Waals surface area contributed by atoms with Gasteiger partial charge in [0.25, 0.3) is 10.0 Å². The number of carbonyl (C=O) groups is 1. The molecule has 7 heteroatoms. The Balaban J connectivity index is 1.92. The number of hydrogen-bond acceptors (Lipinski definition) is 3. The zero-order valence-corrected chi connectivity index (χ0v) is 14.7. The van der Waals surface area contributed by atoms with Gasteiger partial charge >= 0.3 is 0 Å². The van der Waals surface area contributed by atoms with E-state index < -0.39 is 10.0 Å². The van der Waals surface area contributed by atoms with Crippen LogP contribution in [-0.2, 0) is 21.2 Å². The smallest absolute Gasteiger partial charge is 0.261 e. The van der Waals surface area contributed by atoms with Gasteiger partial charge in [0.05, 0.1) is 10.6 Å². The van der Waals surface area contributed by atoms with Crippen LogP contribution in [0.1, 0.15) is 18.9 Å². The number of rotatable bonds is 3. The Morgan fingerprint density at radius 1 is 1.17 bits per heavy atom. The van der Waals surface area contributed by atoms with Gasteiger partial charge in [-0.05, 0) is 54.8 Å². The molecule has 1 N–H and O–H groups in total. The van der Waals surface area contributed by atoms with E-state index in [0.717, 1.165) is 24.1 Å². The molecule has 2 aromatic carbocycles. The molecule has 0 fully saturated rings. The SMILES string of the molecule is CC(=O)N1CCCc2ccc(NS(=O)(=O)c3ccc(Cl)cc3)cc21. The Morgan fingerprint density at radius 2 is 1.88 bits per heavy atom. The highest BCUT2D eigenvalue weighted by molar-refractivity contribution is 7.92. The van der Waals surface area contributed by atoms with Gasteiger partial charge in [0.2, 0.25) is 5.91 Å². The summed E-state index contributed by atoms with van der Waals surface area (Å²) in [6.07, 6.45) is 1.78. The summed E-state index contributed by atoms with van der Waals surface area (Å²) >= 11 is 5.79. The number of benzene rings is 2. The predicted octanol–water partition coefficient (Wildman–Crippen LogP) is 3.44. The molecule has 1 aliphatic rings. The Bertz CT molecular complexity index is 879. The number of sulfonamides is 1. The fourth-order valence-electron chi connectivity index (χ4n) is 2.79. The molecular weight excluding hydrogens is 348 g/mol. The summed E-state index contributed by atoms with van der Waals surface area (Å²) in [6.45, 7) is 2.16. The van der Waals surface area contributed by atoms with Crippen LogP contribution in [-0.4, -0.2) is 20.9 Å². The zero-order valence-electron chi connectivity index (χ0n) is 13.1. The Hall–Kier alpha value is -2.05. The quantitative estimate of drug-likeness (QED) is 0.907. The highest BCUT2D eigenvalue weighted by Crippen LogP contribution is 2.31. The molecule has 0 aromatic heterocycles. The standard InChI is InChI=1S/C17H17ClN2O3S/c1-12(21)20-10-2-3-13-4-7-15(11-17(13)20)19-24(22,23)16-8-5-14(18)6-9-16/h4-9,11,19H,2-3,10H2,1H3. The monoisotopic (exact) mass is 364 g/mol. The lowest BCUT2D eigenvalue weighted by Crippen LogP contribution is -2.33. The minimum Gasteiger partial charge on any atom is -0.312 e. The second-order valence-electron chi connectivity index (χ2n) is 5.68. The van der Waals surface area contributed by atoms with Crippen LogP contribution in [0, 0.1) is 0 Å². The summed E-state index contributed by atoms with van der Waals surface area (Å²) in [6, 6.07) is 11.3. The van der Waals surface area contributed by atoms with Crippen LogP contribution >= 0.6 is 11.6 Å². The lowest BCUT2D eigenvalue weighted by atomic mass is 10.0. The van der Waals surface area contributed by atoms with Crippen molar-refractivity contribution in [2.45, 2.75) is 24.7 Å². The van der Waals surface area contributed by atoms with E-state index in [1.165, 1.54) is 31.2 Å². The summed E-state index contributed by atoms with van der Waals surface area (Å²) < 4.78 is 27.5. The first-order valence-corrected chi connectivity index (χ1v) is 9.42. The zero-order chi connectivity index (χ0) is 17.3. The maximum Gasteiger partial charge on any atom is 0.261 e. The Morgan fingerprint density at radius 3 is 2.54 bits per heavy atom. The highest BCUT2D eigenvalue weighted by atomic mass is 35.5. The van der Waals surface area contributed by atoms with Crippen molar-refractivity contribution >= 4 is 38.9 Å². The second-order valence-corrected chi connectivity index (χ2v) is 7.80. The van der Waals surface area contributed by atoms with Crippen molar-refractivity contribution in [3.8, 4) is 0 Å². The Kier molecular flexibility index (Phi) is 4.51. The van der Waals surface area contributed by atoms with Crippen LogP contribution in [0.5, 0.6) is 0 Å². The molecule has 126 valence electrons. The average Bonchev–Trinajstić information content (AvgIpc) is 2.54. The van der Waals surface area contributed by atoms with Crippen LogP contribution in [0.25, 0.3) is 0 Å². The van der Waals surface area contributed by atoms with Crippen molar-refractivity contribution in [2.24, 2.45) is 0 Å². The highest BCUT2D eigenvalue weighted by Gasteiger charge is 2.21. The lowest BCUT2D eigenvalue weighted by Gasteiger charge is -2.29. The Labute approximate surface area is 146 Å². The van der Waals surface area contributed by atoms with Crippen LogP contribution in [0.4, 0.5) is 11.4 Å². The molecule has 0 aliphatic carbocycles. The molecule has 0 unspecified atom stereocenters. The van der Waals surface area contributed by atoms with E-state index in [1.807, 2.05) is 6.07 Å². The number of anilines is 2. The topological polar surface area (TPSA) is 66.5 Å². The van der Waals surface area contributed by atoms with Crippen LogP contribution in [0.2, 0.25) is 5.02 Å². The number of amides is 1. The third-order valence-corrected chi connectivity index (χ3v) is 5.61. The third-order valence-electron chi connectivity index (χ3n) is 3.96. The molecule has 1 aliphatic heterocycles. The van der Waals surface area contributed by atoms with Crippen LogP contribution in [0.15, 0.2) is 47.4 Å². The number of aryl methyl sites for hydroxylation is 1. The van der Waals surface area contributed by atoms with Crippen molar-refractivity contribution in [3.05, 3.63) is 53.1 Å². The van der Waals surface area contributed by atoms with Crippen molar-refractivity contribution in [1.29, 1.82) is 0 Å². The first kappa shape index (κ1) is 16.8. The van der Waals surface area contributed by atoms with E-state index in [9.17, 15) is 13.2 Å². The number of nitrogens with one attached hydrogen (secondary N) is 1. The minimum atomic E-state index is -3.71. The van der Waals surface area contributed by atoms with Gasteiger partial charge in [-0.3, -0.25) is 9.52 Å². The van der Waals surface area contributed by atoms with E-state index in [4.69, 9.17) is 11.6 Å². The predicted molar refractivity (Wildman–Crippen MR) is 95.1 cm³/mol. The van der Waals surface area contributed by atoms with Gasteiger partial charge in [-0.25, -0.2) is 8.42 Å². The van der Waals surface area contributed by atoms with Gasteiger partial charge in [-0.1, -0.05) is 17.7 Å². The first-order valence-electron chi connectivity index (χ1n) is 7.56. The summed E-state index contributed by atoms with van der Waals surface area (Å²) in [5, 5.41) is 0.472. The maximum atomic E-state index is 12.5. The molecule has 24 heavy (non-hydrogen) atoms. The van der Waals surface area contributed by atoms with E-state index in [1.54, 1.807) is 17.0 Å². The van der Waals surface area contributed by atoms with Gasteiger partial charge in [0.1, 0.15) is 0 Å². The van der Waals surface area contributed by atoms with Crippen molar-refractivity contribution in [3.63, 3.8) is 0 Å². The number of nitrogens with zero attached hydrogens (tertiary/aromatic N) is 1. The van der Waals surface area contributed by atoms with Crippen molar-refractivity contribution < 1.29 is 13.2 Å². The fourth-order valence-corrected chi connectivity index (χ4v) is 3.97. The molecule has 2 aromatic rings. The van der Waals surface area contributed by atoms with Gasteiger partial charge in [-0.15, -0.1) is 0 Å². The number of fused-ring (bicyclic) bond motifs is 1. The fraction of sp³-hybridized carbons (Fsp3) is 0.235. The van der Waals surface area contributed by atoms with Crippen LogP contribution in [0.3, 0.4) is 0 Å². The average molecular weight is 365 g/mol. The molecule has 0 atom stereocenters. The molecule has 0 bridgehead atoms. The summed E-state index contributed by atoms with van der Waals surface area (Å²) in [5.41, 5.74) is 2.24. The molecule has 5 nitrogen and oxygen atoms in total. The summed E-state index contributed by atoms with van der Waals surface area (Å²) in [4.78, 5) is 13.6. The van der Waals surface area contributed by atoms with Crippen molar-refractivity contribution in [2.75, 3.05) is 16.2 Å². The van der Waals surface area contributed by atoms with E-state index in [0.29, 0.717) is 17.3 Å². The molecule has 0 spiro atoms. The number of hydrogen-bond donors (Lipinski definition) is 1. The summed E-state index contributed by atoms with van der Waals surface area (Å²) in [5.74, 6) is -0.0475. The van der Waals surface area contributed by atoms with E-state index >= 15 is 0 Å². The largest absolute Gasteiger partial charge is 0.312 e. The first-order chi connectivity index (χ1) is 11.4.